The van der Waals surface area contributed by atoms with Crippen LogP contribution in [0.5, 0.6) is 11.5 Å². The number of fused-ring (bicyclic) bond motifs is 1. The molecule has 0 spiro atoms. The molecule has 4 rings (SSSR count). The lowest BCUT2D eigenvalue weighted by atomic mass is 9.87. The Bertz CT molecular complexity index is 1110. The number of benzene rings is 3. The van der Waals surface area contributed by atoms with E-state index in [4.69, 9.17) is 32.7 Å². The van der Waals surface area contributed by atoms with Crippen LogP contribution in [0.25, 0.3) is 0 Å². The first-order valence-electron chi connectivity index (χ1n) is 9.69. The van der Waals surface area contributed by atoms with Gasteiger partial charge in [0.2, 0.25) is 0 Å². The van der Waals surface area contributed by atoms with Crippen LogP contribution >= 0.6 is 23.2 Å². The van der Waals surface area contributed by atoms with E-state index in [1.807, 2.05) is 6.07 Å². The van der Waals surface area contributed by atoms with Gasteiger partial charge in [-0.1, -0.05) is 29.3 Å². The fourth-order valence-electron chi connectivity index (χ4n) is 4.01. The molecule has 0 unspecified atom stereocenters. The molecule has 0 aliphatic carbocycles. The standard InChI is InChI=1S/C24H20Cl2FNO3/c1-30-20-12-15-10-11-28(24(29)14-6-8-16(25)9-7-14)23(17(15)13-21(20)31-2)22-18(26)4-3-5-19(22)27/h3-9,12-13,23H,10-11H2,1-2H3/t23-/m1/s1. The van der Waals surface area contributed by atoms with Crippen LogP contribution in [0.3, 0.4) is 0 Å². The lowest BCUT2D eigenvalue weighted by Crippen LogP contribution is -2.41. The molecule has 0 aromatic heterocycles. The maximum absolute atomic E-state index is 15.1. The number of halogens is 3. The van der Waals surface area contributed by atoms with Gasteiger partial charge in [0.05, 0.1) is 20.3 Å². The molecular weight excluding hydrogens is 440 g/mol. The van der Waals surface area contributed by atoms with Crippen molar-refractivity contribution in [1.29, 1.82) is 0 Å². The molecule has 3 aromatic carbocycles. The van der Waals surface area contributed by atoms with Crippen LogP contribution in [0.15, 0.2) is 54.6 Å². The molecule has 3 aromatic rings. The number of carbonyl (C=O) groups is 1. The summed E-state index contributed by atoms with van der Waals surface area (Å²) < 4.78 is 26.0. The average Bonchev–Trinajstić information content (AvgIpc) is 2.78. The third kappa shape index (κ3) is 3.95. The molecule has 0 N–H and O–H groups in total. The van der Waals surface area contributed by atoms with E-state index in [1.54, 1.807) is 54.5 Å². The van der Waals surface area contributed by atoms with Gasteiger partial charge in [0.15, 0.2) is 11.5 Å². The van der Waals surface area contributed by atoms with Crippen molar-refractivity contribution < 1.29 is 18.7 Å². The number of methoxy groups -OCH3 is 2. The first-order chi connectivity index (χ1) is 14.9. The van der Waals surface area contributed by atoms with E-state index in [1.165, 1.54) is 13.2 Å². The van der Waals surface area contributed by atoms with Crippen LogP contribution < -0.4 is 9.47 Å². The molecule has 4 nitrogen and oxygen atoms in total. The molecule has 7 heteroatoms. The summed E-state index contributed by atoms with van der Waals surface area (Å²) in [4.78, 5) is 15.1. The van der Waals surface area contributed by atoms with Gasteiger partial charge in [0.25, 0.3) is 5.91 Å². The summed E-state index contributed by atoms with van der Waals surface area (Å²) in [6.45, 7) is 0.388. The van der Waals surface area contributed by atoms with Crippen LogP contribution in [0, 0.1) is 5.82 Å². The van der Waals surface area contributed by atoms with Gasteiger partial charge >= 0.3 is 0 Å². The second-order valence-electron chi connectivity index (χ2n) is 7.20. The summed E-state index contributed by atoms with van der Waals surface area (Å²) in [5.41, 5.74) is 2.41. The zero-order valence-electron chi connectivity index (χ0n) is 17.0. The Morgan fingerprint density at radius 1 is 1.03 bits per heavy atom. The van der Waals surface area contributed by atoms with Crippen LogP contribution in [0.1, 0.15) is 33.1 Å². The van der Waals surface area contributed by atoms with Gasteiger partial charge in [-0.05, 0) is 66.1 Å². The highest BCUT2D eigenvalue weighted by atomic mass is 35.5. The number of rotatable bonds is 4. The summed E-state index contributed by atoms with van der Waals surface area (Å²) >= 11 is 12.4. The van der Waals surface area contributed by atoms with Crippen molar-refractivity contribution in [3.63, 3.8) is 0 Å². The normalized spacial score (nSPS) is 15.4. The van der Waals surface area contributed by atoms with Crippen molar-refractivity contribution in [2.75, 3.05) is 20.8 Å². The van der Waals surface area contributed by atoms with Gasteiger partial charge < -0.3 is 14.4 Å². The molecule has 0 bridgehead atoms. The highest BCUT2D eigenvalue weighted by Crippen LogP contribution is 2.44. The molecule has 0 saturated heterocycles. The van der Waals surface area contributed by atoms with Crippen LogP contribution in [-0.2, 0) is 6.42 Å². The van der Waals surface area contributed by atoms with E-state index in [2.05, 4.69) is 0 Å². The smallest absolute Gasteiger partial charge is 0.254 e. The zero-order chi connectivity index (χ0) is 22.1. The molecular formula is C24H20Cl2FNO3. The van der Waals surface area contributed by atoms with E-state index in [0.717, 1.165) is 11.1 Å². The molecule has 0 fully saturated rings. The number of hydrogen-bond acceptors (Lipinski definition) is 3. The molecule has 0 radical (unpaired) electrons. The molecule has 31 heavy (non-hydrogen) atoms. The fraction of sp³-hybridized carbons (Fsp3) is 0.208. The number of amides is 1. The second kappa shape index (κ2) is 8.77. The maximum atomic E-state index is 15.1. The first kappa shape index (κ1) is 21.5. The minimum Gasteiger partial charge on any atom is -0.493 e. The van der Waals surface area contributed by atoms with Crippen LogP contribution in [0.2, 0.25) is 10.0 Å². The van der Waals surface area contributed by atoms with Crippen molar-refractivity contribution in [3.05, 3.63) is 92.7 Å². The van der Waals surface area contributed by atoms with E-state index in [-0.39, 0.29) is 16.5 Å². The van der Waals surface area contributed by atoms with Gasteiger partial charge in [0, 0.05) is 27.7 Å². The summed E-state index contributed by atoms with van der Waals surface area (Å²) in [5.74, 6) is 0.368. The van der Waals surface area contributed by atoms with E-state index >= 15 is 4.39 Å². The largest absolute Gasteiger partial charge is 0.493 e. The van der Waals surface area contributed by atoms with Crippen molar-refractivity contribution >= 4 is 29.1 Å². The quantitative estimate of drug-likeness (QED) is 0.484. The molecule has 1 aliphatic rings. The van der Waals surface area contributed by atoms with E-state index < -0.39 is 11.9 Å². The minimum atomic E-state index is -0.722. The zero-order valence-corrected chi connectivity index (χ0v) is 18.5. The van der Waals surface area contributed by atoms with E-state index in [0.29, 0.717) is 35.1 Å². The molecule has 1 heterocycles. The highest BCUT2D eigenvalue weighted by molar-refractivity contribution is 6.31. The van der Waals surface area contributed by atoms with Gasteiger partial charge in [-0.2, -0.15) is 0 Å². The minimum absolute atomic E-state index is 0.235. The predicted octanol–water partition coefficient (Wildman–Crippen LogP) is 5.94. The number of hydrogen-bond donors (Lipinski definition) is 0. The second-order valence-corrected chi connectivity index (χ2v) is 8.04. The van der Waals surface area contributed by atoms with Gasteiger partial charge in [0.1, 0.15) is 5.82 Å². The molecule has 1 atom stereocenters. The SMILES string of the molecule is COc1cc2c(cc1OC)[C@H](c1c(F)cccc1Cl)N(C(=O)c1ccc(Cl)cc1)CC2. The highest BCUT2D eigenvalue weighted by Gasteiger charge is 2.36. The predicted molar refractivity (Wildman–Crippen MR) is 119 cm³/mol. The monoisotopic (exact) mass is 459 g/mol. The maximum Gasteiger partial charge on any atom is 0.254 e. The Morgan fingerprint density at radius 2 is 1.71 bits per heavy atom. The lowest BCUT2D eigenvalue weighted by molar-refractivity contribution is 0.0692. The number of nitrogens with zero attached hydrogens (tertiary/aromatic N) is 1. The van der Waals surface area contributed by atoms with E-state index in [9.17, 15) is 4.79 Å². The van der Waals surface area contributed by atoms with Crippen molar-refractivity contribution in [2.24, 2.45) is 0 Å². The van der Waals surface area contributed by atoms with Crippen molar-refractivity contribution in [1.82, 2.24) is 4.90 Å². The first-order valence-corrected chi connectivity index (χ1v) is 10.5. The number of carbonyl (C=O) groups excluding carboxylic acids is 1. The summed E-state index contributed by atoms with van der Waals surface area (Å²) in [5, 5.41) is 0.785. The summed E-state index contributed by atoms with van der Waals surface area (Å²) in [6.07, 6.45) is 0.581. The van der Waals surface area contributed by atoms with Crippen molar-refractivity contribution in [3.8, 4) is 11.5 Å². The van der Waals surface area contributed by atoms with Crippen molar-refractivity contribution in [2.45, 2.75) is 12.5 Å². The van der Waals surface area contributed by atoms with Gasteiger partial charge in [-0.15, -0.1) is 0 Å². The molecule has 0 saturated carbocycles. The Morgan fingerprint density at radius 3 is 2.35 bits per heavy atom. The third-order valence-corrected chi connectivity index (χ3v) is 6.08. The molecule has 160 valence electrons. The molecule has 1 amide bonds. The van der Waals surface area contributed by atoms with Crippen LogP contribution in [-0.4, -0.2) is 31.6 Å². The summed E-state index contributed by atoms with van der Waals surface area (Å²) in [7, 11) is 3.10. The topological polar surface area (TPSA) is 38.8 Å². The lowest BCUT2D eigenvalue weighted by Gasteiger charge is -2.38. The Hall–Kier alpha value is -2.76. The Kier molecular flexibility index (Phi) is 6.08. The molecule has 1 aliphatic heterocycles. The Labute approximate surface area is 190 Å². The average molecular weight is 460 g/mol. The Balaban J connectivity index is 1.90. The third-order valence-electron chi connectivity index (χ3n) is 5.50. The van der Waals surface area contributed by atoms with Crippen LogP contribution in [0.4, 0.5) is 4.39 Å². The summed E-state index contributed by atoms with van der Waals surface area (Å²) in [6, 6.07) is 14.1. The fourth-order valence-corrected chi connectivity index (χ4v) is 4.40. The number of ether oxygens (including phenoxy) is 2. The van der Waals surface area contributed by atoms with Gasteiger partial charge in [-0.25, -0.2) is 4.39 Å². The van der Waals surface area contributed by atoms with Gasteiger partial charge in [-0.3, -0.25) is 4.79 Å².